The number of aromatic nitrogens is 2. The molecule has 0 atom stereocenters. The molecule has 0 saturated heterocycles. The van der Waals surface area contributed by atoms with Gasteiger partial charge in [-0.15, -0.1) is 16.9 Å². The molecule has 0 fully saturated rings. The van der Waals surface area contributed by atoms with Gasteiger partial charge in [-0.1, -0.05) is 4.49 Å². The first-order valence-corrected chi connectivity index (χ1v) is 5.77. The number of thioether (sulfide) groups is 1. The van der Waals surface area contributed by atoms with Crippen LogP contribution in [0.5, 0.6) is 0 Å². The summed E-state index contributed by atoms with van der Waals surface area (Å²) >= 11 is 2.67. The fourth-order valence-corrected chi connectivity index (χ4v) is 2.12. The molecule has 0 spiro atoms. The van der Waals surface area contributed by atoms with Crippen LogP contribution in [-0.4, -0.2) is 21.6 Å². The average molecular weight is 226 g/mol. The van der Waals surface area contributed by atoms with E-state index in [-0.39, 0.29) is 5.78 Å². The van der Waals surface area contributed by atoms with Crippen molar-refractivity contribution in [2.75, 3.05) is 6.26 Å². The van der Waals surface area contributed by atoms with Crippen molar-refractivity contribution in [2.24, 2.45) is 0 Å². The largest absolute Gasteiger partial charge is 0.461 e. The Hall–Kier alpha value is -1.14. The number of ketones is 1. The number of carbonyl (C=O) groups is 1. The maximum Gasteiger partial charge on any atom is 0.250 e. The summed E-state index contributed by atoms with van der Waals surface area (Å²) in [6.45, 7) is 0. The first-order valence-electron chi connectivity index (χ1n) is 3.77. The zero-order valence-corrected chi connectivity index (χ0v) is 8.89. The monoisotopic (exact) mass is 226 g/mol. The molecule has 2 aromatic rings. The van der Waals surface area contributed by atoms with Crippen LogP contribution in [0.15, 0.2) is 27.0 Å². The Balaban J connectivity index is 2.36. The van der Waals surface area contributed by atoms with Gasteiger partial charge in [0.25, 0.3) is 0 Å². The van der Waals surface area contributed by atoms with Gasteiger partial charge >= 0.3 is 0 Å². The van der Waals surface area contributed by atoms with E-state index in [9.17, 15) is 4.79 Å². The molecule has 0 N–H and O–H groups in total. The Morgan fingerprint density at radius 2 is 2.50 bits per heavy atom. The molecule has 14 heavy (non-hydrogen) atoms. The summed E-state index contributed by atoms with van der Waals surface area (Å²) in [4.78, 5) is 11.7. The van der Waals surface area contributed by atoms with E-state index in [1.54, 1.807) is 12.1 Å². The summed E-state index contributed by atoms with van der Waals surface area (Å²) in [6.07, 6.45) is 3.35. The molecule has 2 rings (SSSR count). The van der Waals surface area contributed by atoms with Gasteiger partial charge in [0.15, 0.2) is 11.5 Å². The molecular formula is C8H6N2O2S2. The third-order valence-corrected chi connectivity index (χ3v) is 3.41. The Kier molecular flexibility index (Phi) is 2.64. The number of hydrogen-bond donors (Lipinski definition) is 0. The Morgan fingerprint density at radius 1 is 1.64 bits per heavy atom. The number of rotatable bonds is 3. The van der Waals surface area contributed by atoms with Gasteiger partial charge in [0.2, 0.25) is 5.78 Å². The van der Waals surface area contributed by atoms with Gasteiger partial charge in [-0.25, -0.2) is 0 Å². The molecule has 0 amide bonds. The number of furan rings is 1. The van der Waals surface area contributed by atoms with E-state index in [1.807, 2.05) is 6.26 Å². The second kappa shape index (κ2) is 3.93. The summed E-state index contributed by atoms with van der Waals surface area (Å²) in [7, 11) is 0. The minimum Gasteiger partial charge on any atom is -0.461 e. The molecule has 6 heteroatoms. The Labute approximate surface area is 88.5 Å². The molecule has 2 heterocycles. The van der Waals surface area contributed by atoms with Crippen molar-refractivity contribution in [2.45, 2.75) is 4.21 Å². The van der Waals surface area contributed by atoms with Crippen LogP contribution in [0, 0.1) is 0 Å². The van der Waals surface area contributed by atoms with Crippen LogP contribution in [-0.2, 0) is 0 Å². The lowest BCUT2D eigenvalue weighted by atomic mass is 10.2. The van der Waals surface area contributed by atoms with E-state index in [0.717, 1.165) is 4.21 Å². The van der Waals surface area contributed by atoms with Crippen LogP contribution < -0.4 is 0 Å². The maximum absolute atomic E-state index is 11.7. The molecule has 0 radical (unpaired) electrons. The van der Waals surface area contributed by atoms with Crippen LogP contribution >= 0.6 is 23.3 Å². The van der Waals surface area contributed by atoms with Crippen LogP contribution in [0.2, 0.25) is 0 Å². The van der Waals surface area contributed by atoms with E-state index in [4.69, 9.17) is 4.42 Å². The maximum atomic E-state index is 11.7. The van der Waals surface area contributed by atoms with Crippen LogP contribution in [0.1, 0.15) is 16.2 Å². The fourth-order valence-electron chi connectivity index (χ4n) is 0.979. The summed E-state index contributed by atoms with van der Waals surface area (Å²) in [6, 6.07) is 3.29. The first kappa shape index (κ1) is 9.42. The molecule has 0 saturated carbocycles. The van der Waals surface area contributed by atoms with Crippen molar-refractivity contribution in [3.05, 3.63) is 29.9 Å². The second-order valence-electron chi connectivity index (χ2n) is 2.42. The third kappa shape index (κ3) is 1.58. The van der Waals surface area contributed by atoms with Crippen molar-refractivity contribution in [1.82, 2.24) is 9.59 Å². The fraction of sp³-hybridized carbons (Fsp3) is 0.125. The lowest BCUT2D eigenvalue weighted by Crippen LogP contribution is -2.01. The van der Waals surface area contributed by atoms with Gasteiger partial charge in [-0.05, 0) is 29.9 Å². The lowest BCUT2D eigenvalue weighted by molar-refractivity contribution is 0.100. The van der Waals surface area contributed by atoms with E-state index in [1.165, 1.54) is 29.6 Å². The molecular weight excluding hydrogens is 220 g/mol. The number of hydrogen-bond acceptors (Lipinski definition) is 6. The zero-order chi connectivity index (χ0) is 9.97. The van der Waals surface area contributed by atoms with Gasteiger partial charge in [-0.2, -0.15) is 0 Å². The summed E-state index contributed by atoms with van der Waals surface area (Å²) in [5, 5.41) is 3.78. The highest BCUT2D eigenvalue weighted by Gasteiger charge is 2.19. The van der Waals surface area contributed by atoms with Crippen molar-refractivity contribution in [3.8, 4) is 0 Å². The minimum atomic E-state index is -0.215. The normalized spacial score (nSPS) is 10.4. The molecule has 0 aromatic carbocycles. The van der Waals surface area contributed by atoms with E-state index >= 15 is 0 Å². The SMILES string of the molecule is CSc1snnc1C(=O)c1ccco1. The van der Waals surface area contributed by atoms with Gasteiger partial charge in [0, 0.05) is 0 Å². The summed E-state index contributed by atoms with van der Waals surface area (Å²) in [5.74, 6) is 0.0844. The molecule has 0 unspecified atom stereocenters. The van der Waals surface area contributed by atoms with E-state index < -0.39 is 0 Å². The second-order valence-corrected chi connectivity index (χ2v) is 4.25. The molecule has 72 valence electrons. The highest BCUT2D eigenvalue weighted by Crippen LogP contribution is 2.24. The number of carbonyl (C=O) groups excluding carboxylic acids is 1. The van der Waals surface area contributed by atoms with Crippen molar-refractivity contribution < 1.29 is 9.21 Å². The quantitative estimate of drug-likeness (QED) is 0.592. The molecule has 0 aliphatic carbocycles. The molecule has 0 bridgehead atoms. The Bertz CT molecular complexity index is 436. The number of nitrogens with zero attached hydrogens (tertiary/aromatic N) is 2. The predicted octanol–water partition coefficient (Wildman–Crippen LogP) is 2.08. The van der Waals surface area contributed by atoms with Gasteiger partial charge < -0.3 is 4.42 Å². The predicted molar refractivity (Wildman–Crippen MR) is 53.8 cm³/mol. The van der Waals surface area contributed by atoms with Crippen molar-refractivity contribution in [3.63, 3.8) is 0 Å². The summed E-state index contributed by atoms with van der Waals surface area (Å²) in [5.41, 5.74) is 0.373. The zero-order valence-electron chi connectivity index (χ0n) is 7.26. The first-order chi connectivity index (χ1) is 6.83. The highest BCUT2D eigenvalue weighted by atomic mass is 32.2. The molecule has 2 aromatic heterocycles. The van der Waals surface area contributed by atoms with Gasteiger partial charge in [-0.3, -0.25) is 4.79 Å². The topological polar surface area (TPSA) is 56.0 Å². The smallest absolute Gasteiger partial charge is 0.250 e. The van der Waals surface area contributed by atoms with Crippen molar-refractivity contribution >= 4 is 29.1 Å². The van der Waals surface area contributed by atoms with E-state index in [0.29, 0.717) is 11.5 Å². The lowest BCUT2D eigenvalue weighted by Gasteiger charge is -1.93. The molecule has 0 aliphatic heterocycles. The highest BCUT2D eigenvalue weighted by molar-refractivity contribution is 8.00. The van der Waals surface area contributed by atoms with Gasteiger partial charge in [0.05, 0.1) is 6.26 Å². The average Bonchev–Trinajstić information content (AvgIpc) is 2.87. The minimum absolute atomic E-state index is 0.215. The standard InChI is InChI=1S/C8H6N2O2S2/c1-13-8-6(9-10-14-8)7(11)5-3-2-4-12-5/h2-4H,1H3. The molecule has 0 aliphatic rings. The molecule has 4 nitrogen and oxygen atoms in total. The van der Waals surface area contributed by atoms with Crippen molar-refractivity contribution in [1.29, 1.82) is 0 Å². The van der Waals surface area contributed by atoms with Crippen LogP contribution in [0.3, 0.4) is 0 Å². The Morgan fingerprint density at radius 3 is 3.14 bits per heavy atom. The van der Waals surface area contributed by atoms with Crippen LogP contribution in [0.4, 0.5) is 0 Å². The van der Waals surface area contributed by atoms with E-state index in [2.05, 4.69) is 9.59 Å². The van der Waals surface area contributed by atoms with Crippen LogP contribution in [0.25, 0.3) is 0 Å². The van der Waals surface area contributed by atoms with Gasteiger partial charge in [0.1, 0.15) is 4.21 Å². The summed E-state index contributed by atoms with van der Waals surface area (Å²) < 4.78 is 9.54. The third-order valence-electron chi connectivity index (χ3n) is 1.60.